The summed E-state index contributed by atoms with van der Waals surface area (Å²) >= 11 is 0. The van der Waals surface area contributed by atoms with Crippen molar-refractivity contribution < 1.29 is 8.42 Å². The second-order valence-corrected chi connectivity index (χ2v) is 8.40. The Hall–Kier alpha value is -0.0900. The van der Waals surface area contributed by atoms with Gasteiger partial charge >= 0.3 is 0 Å². The summed E-state index contributed by atoms with van der Waals surface area (Å²) in [5.41, 5.74) is 0. The van der Waals surface area contributed by atoms with E-state index in [1.807, 2.05) is 0 Å². The third-order valence-electron chi connectivity index (χ3n) is 4.48. The van der Waals surface area contributed by atoms with Crippen molar-refractivity contribution in [1.29, 1.82) is 0 Å². The highest BCUT2D eigenvalue weighted by Gasteiger charge is 2.23. The Morgan fingerprint density at radius 2 is 1.19 bits per heavy atom. The fourth-order valence-electron chi connectivity index (χ4n) is 2.76. The number of hydrogen-bond donors (Lipinski definition) is 0. The average Bonchev–Trinajstić information content (AvgIpc) is 2.44. The van der Waals surface area contributed by atoms with Gasteiger partial charge < -0.3 is 0 Å². The standard InChI is InChI=1S/C17H37NO2S/c1-6-10-12-16(8-3)14-18(21(5,19)20)15-17(9-4)13-11-7-2/h16-17H,6-15H2,1-5H3. The van der Waals surface area contributed by atoms with Gasteiger partial charge in [-0.3, -0.25) is 0 Å². The molecule has 0 rings (SSSR count). The molecule has 0 saturated heterocycles. The van der Waals surface area contributed by atoms with Crippen LogP contribution >= 0.6 is 0 Å². The van der Waals surface area contributed by atoms with Crippen molar-refractivity contribution in [2.24, 2.45) is 11.8 Å². The monoisotopic (exact) mass is 319 g/mol. The lowest BCUT2D eigenvalue weighted by Gasteiger charge is -2.28. The van der Waals surface area contributed by atoms with Crippen LogP contribution in [0.1, 0.15) is 79.1 Å². The van der Waals surface area contributed by atoms with Crippen LogP contribution in [0.5, 0.6) is 0 Å². The molecule has 0 radical (unpaired) electrons. The first-order valence-corrected chi connectivity index (χ1v) is 10.7. The molecule has 0 amide bonds. The number of sulfonamides is 1. The Balaban J connectivity index is 4.71. The first-order chi connectivity index (χ1) is 9.88. The molecule has 0 N–H and O–H groups in total. The van der Waals surface area contributed by atoms with E-state index in [-0.39, 0.29) is 0 Å². The lowest BCUT2D eigenvalue weighted by Crippen LogP contribution is -2.38. The largest absolute Gasteiger partial charge is 0.213 e. The Labute approximate surface area is 133 Å². The van der Waals surface area contributed by atoms with E-state index in [0.29, 0.717) is 24.9 Å². The molecule has 3 nitrogen and oxygen atoms in total. The van der Waals surface area contributed by atoms with E-state index in [0.717, 1.165) is 25.7 Å². The van der Waals surface area contributed by atoms with Gasteiger partial charge in [-0.05, 0) is 24.7 Å². The SMILES string of the molecule is CCCCC(CC)CN(CC(CC)CCCC)S(C)(=O)=O. The van der Waals surface area contributed by atoms with Crippen molar-refractivity contribution in [2.45, 2.75) is 79.1 Å². The van der Waals surface area contributed by atoms with Gasteiger partial charge in [-0.2, -0.15) is 0 Å². The van der Waals surface area contributed by atoms with E-state index in [1.165, 1.54) is 31.9 Å². The molecule has 0 bridgehead atoms. The van der Waals surface area contributed by atoms with E-state index in [2.05, 4.69) is 27.7 Å². The molecule has 21 heavy (non-hydrogen) atoms. The normalized spacial score (nSPS) is 15.3. The number of hydrogen-bond acceptors (Lipinski definition) is 2. The first kappa shape index (κ1) is 20.9. The van der Waals surface area contributed by atoms with Gasteiger partial charge in [0.05, 0.1) is 6.26 Å². The number of unbranched alkanes of at least 4 members (excludes halogenated alkanes) is 2. The van der Waals surface area contributed by atoms with E-state index in [9.17, 15) is 8.42 Å². The van der Waals surface area contributed by atoms with Gasteiger partial charge in [0.25, 0.3) is 0 Å². The Morgan fingerprint density at radius 3 is 1.43 bits per heavy atom. The molecule has 0 aromatic heterocycles. The van der Waals surface area contributed by atoms with Crippen LogP contribution in [0.2, 0.25) is 0 Å². The summed E-state index contributed by atoms with van der Waals surface area (Å²) in [6.45, 7) is 10.2. The molecule has 0 aromatic carbocycles. The quantitative estimate of drug-likeness (QED) is 0.494. The Bertz CT molecular complexity index is 323. The summed E-state index contributed by atoms with van der Waals surface area (Å²) < 4.78 is 26.0. The van der Waals surface area contributed by atoms with Gasteiger partial charge in [-0.25, -0.2) is 12.7 Å². The molecule has 0 fully saturated rings. The molecule has 2 atom stereocenters. The van der Waals surface area contributed by atoms with E-state index < -0.39 is 10.0 Å². The fraction of sp³-hybridized carbons (Fsp3) is 1.00. The molecule has 0 saturated carbocycles. The highest BCUT2D eigenvalue weighted by Crippen LogP contribution is 2.20. The lowest BCUT2D eigenvalue weighted by atomic mass is 9.97. The van der Waals surface area contributed by atoms with Gasteiger partial charge in [0.1, 0.15) is 0 Å². The third kappa shape index (κ3) is 9.51. The number of rotatable bonds is 13. The zero-order chi connectivity index (χ0) is 16.3. The zero-order valence-electron chi connectivity index (χ0n) is 14.9. The molecule has 2 unspecified atom stereocenters. The molecule has 0 heterocycles. The minimum atomic E-state index is -3.09. The van der Waals surface area contributed by atoms with E-state index >= 15 is 0 Å². The van der Waals surface area contributed by atoms with Crippen LogP contribution in [0.4, 0.5) is 0 Å². The smallest absolute Gasteiger partial charge is 0.211 e. The van der Waals surface area contributed by atoms with Crippen molar-refractivity contribution in [3.05, 3.63) is 0 Å². The molecular weight excluding hydrogens is 282 g/mol. The van der Waals surface area contributed by atoms with Crippen molar-refractivity contribution in [3.63, 3.8) is 0 Å². The molecule has 0 aliphatic heterocycles. The predicted molar refractivity (Wildman–Crippen MR) is 93.0 cm³/mol. The highest BCUT2D eigenvalue weighted by molar-refractivity contribution is 7.88. The minimum absolute atomic E-state index is 0.503. The van der Waals surface area contributed by atoms with Crippen LogP contribution < -0.4 is 0 Å². The number of nitrogens with zero attached hydrogens (tertiary/aromatic N) is 1. The maximum absolute atomic E-state index is 12.1. The molecule has 128 valence electrons. The lowest BCUT2D eigenvalue weighted by molar-refractivity contribution is 0.271. The topological polar surface area (TPSA) is 37.4 Å². The van der Waals surface area contributed by atoms with Gasteiger partial charge in [0.15, 0.2) is 0 Å². The second kappa shape index (κ2) is 11.5. The van der Waals surface area contributed by atoms with Gasteiger partial charge in [0, 0.05) is 13.1 Å². The van der Waals surface area contributed by atoms with Gasteiger partial charge in [-0.15, -0.1) is 0 Å². The van der Waals surface area contributed by atoms with Crippen LogP contribution in [-0.2, 0) is 10.0 Å². The fourth-order valence-corrected chi connectivity index (χ4v) is 3.72. The van der Waals surface area contributed by atoms with Crippen molar-refractivity contribution >= 4 is 10.0 Å². The van der Waals surface area contributed by atoms with Gasteiger partial charge in [-0.1, -0.05) is 66.2 Å². The summed E-state index contributed by atoms with van der Waals surface area (Å²) in [5.74, 6) is 1.01. The maximum Gasteiger partial charge on any atom is 0.211 e. The summed E-state index contributed by atoms with van der Waals surface area (Å²) in [7, 11) is -3.09. The Morgan fingerprint density at radius 1 is 0.810 bits per heavy atom. The molecule has 0 aliphatic carbocycles. The van der Waals surface area contributed by atoms with Crippen molar-refractivity contribution in [2.75, 3.05) is 19.3 Å². The molecule has 0 spiro atoms. The Kier molecular flexibility index (Phi) is 11.4. The average molecular weight is 320 g/mol. The minimum Gasteiger partial charge on any atom is -0.213 e. The molecule has 0 aliphatic rings. The summed E-state index contributed by atoms with van der Waals surface area (Å²) in [6.07, 6.45) is 10.6. The third-order valence-corrected chi connectivity index (χ3v) is 5.72. The first-order valence-electron chi connectivity index (χ1n) is 8.83. The van der Waals surface area contributed by atoms with Crippen molar-refractivity contribution in [3.8, 4) is 0 Å². The highest BCUT2D eigenvalue weighted by atomic mass is 32.2. The van der Waals surface area contributed by atoms with Crippen LogP contribution in [0.3, 0.4) is 0 Å². The summed E-state index contributed by atoms with van der Waals surface area (Å²) in [4.78, 5) is 0. The second-order valence-electron chi connectivity index (χ2n) is 6.41. The maximum atomic E-state index is 12.1. The molecule has 4 heteroatoms. The summed E-state index contributed by atoms with van der Waals surface area (Å²) in [5, 5.41) is 0. The summed E-state index contributed by atoms with van der Waals surface area (Å²) in [6, 6.07) is 0. The van der Waals surface area contributed by atoms with E-state index in [1.54, 1.807) is 4.31 Å². The van der Waals surface area contributed by atoms with Crippen LogP contribution in [0, 0.1) is 11.8 Å². The van der Waals surface area contributed by atoms with E-state index in [4.69, 9.17) is 0 Å². The van der Waals surface area contributed by atoms with Crippen LogP contribution in [0.15, 0.2) is 0 Å². The van der Waals surface area contributed by atoms with Crippen LogP contribution in [0.25, 0.3) is 0 Å². The predicted octanol–water partition coefficient (Wildman–Crippen LogP) is 4.68. The van der Waals surface area contributed by atoms with Gasteiger partial charge in [0.2, 0.25) is 10.0 Å². The van der Waals surface area contributed by atoms with Crippen molar-refractivity contribution in [1.82, 2.24) is 4.31 Å². The molecular formula is C17H37NO2S. The molecule has 0 aromatic rings. The zero-order valence-corrected chi connectivity index (χ0v) is 15.7. The van der Waals surface area contributed by atoms with Crippen LogP contribution in [-0.4, -0.2) is 32.1 Å².